The second-order valence-corrected chi connectivity index (χ2v) is 7.89. The summed E-state index contributed by atoms with van der Waals surface area (Å²) in [5.74, 6) is 1.25. The van der Waals surface area contributed by atoms with E-state index in [1.54, 1.807) is 6.08 Å². The summed E-state index contributed by atoms with van der Waals surface area (Å²) < 4.78 is 21.8. The molecule has 0 aliphatic heterocycles. The first-order valence-corrected chi connectivity index (χ1v) is 11.4. The van der Waals surface area contributed by atoms with Crippen molar-refractivity contribution in [1.29, 1.82) is 0 Å². The molecule has 0 radical (unpaired) electrons. The Morgan fingerprint density at radius 1 is 0.882 bits per heavy atom. The molecule has 3 aromatic rings. The van der Waals surface area contributed by atoms with Crippen molar-refractivity contribution in [2.45, 2.75) is 27.4 Å². The Hall–Kier alpha value is -3.57. The molecule has 5 heteroatoms. The summed E-state index contributed by atoms with van der Waals surface area (Å²) >= 11 is 0. The third-order valence-electron chi connectivity index (χ3n) is 5.32. The van der Waals surface area contributed by atoms with Crippen LogP contribution in [0.25, 0.3) is 17.2 Å². The summed E-state index contributed by atoms with van der Waals surface area (Å²) in [4.78, 5) is 11.2. The van der Waals surface area contributed by atoms with Gasteiger partial charge in [0.1, 0.15) is 24.7 Å². The Balaban J connectivity index is 1.66. The summed E-state index contributed by atoms with van der Waals surface area (Å²) in [5, 5.41) is 0. The second kappa shape index (κ2) is 12.6. The van der Waals surface area contributed by atoms with E-state index in [1.807, 2.05) is 31.2 Å². The molecular weight excluding hydrogens is 428 g/mol. The third kappa shape index (κ3) is 7.22. The number of benzene rings is 3. The number of hydrogen-bond acceptors (Lipinski definition) is 5. The maximum absolute atomic E-state index is 11.2. The van der Waals surface area contributed by atoms with Gasteiger partial charge in [0.15, 0.2) is 0 Å². The van der Waals surface area contributed by atoms with E-state index < -0.39 is 0 Å². The molecule has 3 aromatic carbocycles. The summed E-state index contributed by atoms with van der Waals surface area (Å²) in [7, 11) is 1.36. The van der Waals surface area contributed by atoms with Crippen molar-refractivity contribution < 1.29 is 23.7 Å². The third-order valence-corrected chi connectivity index (χ3v) is 5.32. The quantitative estimate of drug-likeness (QED) is 0.195. The Morgan fingerprint density at radius 3 is 2.29 bits per heavy atom. The van der Waals surface area contributed by atoms with E-state index in [0.29, 0.717) is 26.4 Å². The lowest BCUT2D eigenvalue weighted by Crippen LogP contribution is -2.06. The van der Waals surface area contributed by atoms with Gasteiger partial charge in [-0.05, 0) is 90.6 Å². The first-order chi connectivity index (χ1) is 16.5. The van der Waals surface area contributed by atoms with Crippen molar-refractivity contribution in [3.8, 4) is 22.6 Å². The van der Waals surface area contributed by atoms with Crippen LogP contribution in [0.4, 0.5) is 0 Å². The molecule has 0 bridgehead atoms. The van der Waals surface area contributed by atoms with Crippen molar-refractivity contribution in [3.05, 3.63) is 89.0 Å². The number of methoxy groups -OCH3 is 1. The number of rotatable bonds is 11. The monoisotopic (exact) mass is 460 g/mol. The van der Waals surface area contributed by atoms with Crippen LogP contribution in [-0.2, 0) is 20.9 Å². The van der Waals surface area contributed by atoms with Gasteiger partial charge in [-0.3, -0.25) is 0 Å². The molecular formula is C29H32O5. The number of hydrogen-bond donors (Lipinski definition) is 0. The van der Waals surface area contributed by atoms with Gasteiger partial charge in [0.05, 0.1) is 13.7 Å². The van der Waals surface area contributed by atoms with Crippen LogP contribution >= 0.6 is 0 Å². The van der Waals surface area contributed by atoms with Crippen LogP contribution in [-0.4, -0.2) is 32.9 Å². The highest BCUT2D eigenvalue weighted by atomic mass is 16.5. The molecule has 0 spiro atoms. The van der Waals surface area contributed by atoms with Crippen molar-refractivity contribution in [3.63, 3.8) is 0 Å². The maximum atomic E-state index is 11.2. The van der Waals surface area contributed by atoms with Crippen LogP contribution in [0.15, 0.2) is 66.7 Å². The fraction of sp³-hybridized carbons (Fsp3) is 0.276. The normalized spacial score (nSPS) is 10.9. The van der Waals surface area contributed by atoms with E-state index in [4.69, 9.17) is 14.2 Å². The average molecular weight is 461 g/mol. The lowest BCUT2D eigenvalue weighted by Gasteiger charge is -2.15. The van der Waals surface area contributed by atoms with Crippen molar-refractivity contribution in [2.24, 2.45) is 0 Å². The highest BCUT2D eigenvalue weighted by Gasteiger charge is 2.10. The number of ether oxygens (including phenoxy) is 4. The van der Waals surface area contributed by atoms with Gasteiger partial charge in [-0.1, -0.05) is 30.3 Å². The molecule has 5 nitrogen and oxygen atoms in total. The Morgan fingerprint density at radius 2 is 1.62 bits per heavy atom. The van der Waals surface area contributed by atoms with Gasteiger partial charge in [0.2, 0.25) is 0 Å². The molecule has 0 unspecified atom stereocenters. The molecule has 3 rings (SSSR count). The number of carbonyl (C=O) groups is 1. The smallest absolute Gasteiger partial charge is 0.330 e. The summed E-state index contributed by atoms with van der Waals surface area (Å²) in [5.41, 5.74) is 6.68. The zero-order chi connectivity index (χ0) is 24.3. The molecule has 0 aliphatic carbocycles. The van der Waals surface area contributed by atoms with Gasteiger partial charge in [-0.25, -0.2) is 4.79 Å². The Labute approximate surface area is 201 Å². The van der Waals surface area contributed by atoms with Crippen LogP contribution < -0.4 is 9.47 Å². The molecule has 34 heavy (non-hydrogen) atoms. The zero-order valence-corrected chi connectivity index (χ0v) is 20.3. The van der Waals surface area contributed by atoms with Gasteiger partial charge in [0, 0.05) is 12.7 Å². The Bertz CT molecular complexity index is 1090. The molecule has 0 aliphatic rings. The number of carbonyl (C=O) groups excluding carboxylic acids is 1. The fourth-order valence-electron chi connectivity index (χ4n) is 3.72. The lowest BCUT2D eigenvalue weighted by atomic mass is 9.94. The van der Waals surface area contributed by atoms with Crippen LogP contribution in [0, 0.1) is 13.8 Å². The number of esters is 1. The van der Waals surface area contributed by atoms with Gasteiger partial charge >= 0.3 is 5.97 Å². The summed E-state index contributed by atoms with van der Waals surface area (Å²) in [6.45, 7) is 8.48. The lowest BCUT2D eigenvalue weighted by molar-refractivity contribution is -0.134. The standard InChI is InChI=1S/C29H32O5/c1-5-32-15-16-33-27-17-21(2)29(22(3)18-27)25-8-6-7-24(19-25)20-34-26-12-9-23(10-13-26)11-14-28(30)31-4/h6-14,17-19H,5,15-16,20H2,1-4H3/b14-11+. The summed E-state index contributed by atoms with van der Waals surface area (Å²) in [6, 6.07) is 20.1. The fourth-order valence-corrected chi connectivity index (χ4v) is 3.72. The molecule has 0 saturated carbocycles. The molecule has 0 saturated heterocycles. The van der Waals surface area contributed by atoms with Crippen LogP contribution in [0.2, 0.25) is 0 Å². The number of aryl methyl sites for hydroxylation is 2. The molecule has 0 aromatic heterocycles. The molecule has 0 amide bonds. The predicted molar refractivity (Wildman–Crippen MR) is 135 cm³/mol. The average Bonchev–Trinajstić information content (AvgIpc) is 2.84. The molecule has 0 heterocycles. The van der Waals surface area contributed by atoms with Crippen molar-refractivity contribution >= 4 is 12.0 Å². The van der Waals surface area contributed by atoms with Crippen LogP contribution in [0.5, 0.6) is 11.5 Å². The maximum Gasteiger partial charge on any atom is 0.330 e. The molecule has 178 valence electrons. The molecule has 0 fully saturated rings. The van der Waals surface area contributed by atoms with E-state index in [9.17, 15) is 4.79 Å². The van der Waals surface area contributed by atoms with E-state index >= 15 is 0 Å². The van der Waals surface area contributed by atoms with E-state index in [0.717, 1.165) is 28.2 Å². The van der Waals surface area contributed by atoms with Gasteiger partial charge in [-0.2, -0.15) is 0 Å². The summed E-state index contributed by atoms with van der Waals surface area (Å²) in [6.07, 6.45) is 3.10. The largest absolute Gasteiger partial charge is 0.491 e. The highest BCUT2D eigenvalue weighted by molar-refractivity contribution is 5.86. The first kappa shape index (κ1) is 25.1. The molecule has 0 atom stereocenters. The predicted octanol–water partition coefficient (Wildman–Crippen LogP) is 6.15. The zero-order valence-electron chi connectivity index (χ0n) is 20.3. The molecule has 0 N–H and O–H groups in total. The minimum absolute atomic E-state index is 0.380. The SMILES string of the molecule is CCOCCOc1cc(C)c(-c2cccc(COc3ccc(/C=C/C(=O)OC)cc3)c2)c(C)c1. The van der Waals surface area contributed by atoms with Crippen molar-refractivity contribution in [1.82, 2.24) is 0 Å². The van der Waals surface area contributed by atoms with Gasteiger partial charge in [0.25, 0.3) is 0 Å². The van der Waals surface area contributed by atoms with E-state index in [1.165, 1.54) is 29.9 Å². The van der Waals surface area contributed by atoms with Crippen LogP contribution in [0.3, 0.4) is 0 Å². The topological polar surface area (TPSA) is 54.0 Å². The second-order valence-electron chi connectivity index (χ2n) is 7.89. The van der Waals surface area contributed by atoms with Crippen LogP contribution in [0.1, 0.15) is 29.2 Å². The van der Waals surface area contributed by atoms with Crippen molar-refractivity contribution in [2.75, 3.05) is 26.9 Å². The Kier molecular flexibility index (Phi) is 9.30. The first-order valence-electron chi connectivity index (χ1n) is 11.4. The van der Waals surface area contributed by atoms with E-state index in [-0.39, 0.29) is 5.97 Å². The minimum Gasteiger partial charge on any atom is -0.491 e. The highest BCUT2D eigenvalue weighted by Crippen LogP contribution is 2.31. The van der Waals surface area contributed by atoms with Gasteiger partial charge in [-0.15, -0.1) is 0 Å². The minimum atomic E-state index is -0.380. The van der Waals surface area contributed by atoms with E-state index in [2.05, 4.69) is 55.0 Å². The van der Waals surface area contributed by atoms with Gasteiger partial charge < -0.3 is 18.9 Å².